The van der Waals surface area contributed by atoms with E-state index in [1.807, 2.05) is 13.8 Å². The molecule has 146 valence electrons. The fraction of sp³-hybridized carbons (Fsp3) is 0.0909. The van der Waals surface area contributed by atoms with Gasteiger partial charge < -0.3 is 9.52 Å². The molecular formula is C22H15Cl3N2O2. The second-order valence-electron chi connectivity index (χ2n) is 6.62. The predicted molar refractivity (Wildman–Crippen MR) is 119 cm³/mol. The van der Waals surface area contributed by atoms with Crippen molar-refractivity contribution in [1.29, 1.82) is 0 Å². The summed E-state index contributed by atoms with van der Waals surface area (Å²) >= 11 is 18.6. The highest BCUT2D eigenvalue weighted by Gasteiger charge is 2.13. The summed E-state index contributed by atoms with van der Waals surface area (Å²) in [6, 6.07) is 12.1. The average molecular weight is 446 g/mol. The van der Waals surface area contributed by atoms with Crippen molar-refractivity contribution in [3.8, 4) is 17.2 Å². The molecule has 4 aromatic rings. The molecule has 0 bridgehead atoms. The SMILES string of the molecule is Cc1cc(O)c(C=Nc2ccc3oc(-c4cc(Cl)ccc4Cl)nc3c2)c(C)c1Cl. The Kier molecular flexibility index (Phi) is 5.26. The standard InChI is InChI=1S/C22H15Cl3N2O2/c1-11-7-19(28)16(12(2)21(11)25)10-26-14-4-6-20-18(9-14)27-22(29-20)15-8-13(23)3-5-17(15)24/h3-10,28H,1-2H3. The van der Waals surface area contributed by atoms with Crippen LogP contribution >= 0.6 is 34.8 Å². The molecule has 7 heteroatoms. The van der Waals surface area contributed by atoms with Crippen LogP contribution in [0.25, 0.3) is 22.6 Å². The number of phenols is 1. The van der Waals surface area contributed by atoms with Crippen LogP contribution in [0.2, 0.25) is 15.1 Å². The number of aliphatic imine (C=N–C) groups is 1. The van der Waals surface area contributed by atoms with Gasteiger partial charge in [0.25, 0.3) is 0 Å². The van der Waals surface area contributed by atoms with Crippen molar-refractivity contribution in [2.75, 3.05) is 0 Å². The molecule has 4 rings (SSSR count). The number of fused-ring (bicyclic) bond motifs is 1. The van der Waals surface area contributed by atoms with Crippen molar-refractivity contribution >= 4 is 57.8 Å². The van der Waals surface area contributed by atoms with Gasteiger partial charge in [-0.05, 0) is 67.4 Å². The first-order valence-electron chi connectivity index (χ1n) is 8.72. The lowest BCUT2D eigenvalue weighted by atomic mass is 10.0. The number of rotatable bonds is 3. The molecular weight excluding hydrogens is 431 g/mol. The minimum atomic E-state index is 0.133. The van der Waals surface area contributed by atoms with Crippen LogP contribution < -0.4 is 0 Å². The van der Waals surface area contributed by atoms with Crippen LogP contribution in [0.5, 0.6) is 5.75 Å². The monoisotopic (exact) mass is 444 g/mol. The van der Waals surface area contributed by atoms with Gasteiger partial charge in [0.15, 0.2) is 5.58 Å². The maximum atomic E-state index is 10.2. The lowest BCUT2D eigenvalue weighted by Gasteiger charge is -2.08. The van der Waals surface area contributed by atoms with Gasteiger partial charge in [0.05, 0.1) is 16.3 Å². The number of aryl methyl sites for hydroxylation is 1. The van der Waals surface area contributed by atoms with E-state index in [9.17, 15) is 5.11 Å². The maximum Gasteiger partial charge on any atom is 0.228 e. The molecule has 0 fully saturated rings. The number of halogens is 3. The highest BCUT2D eigenvalue weighted by molar-refractivity contribution is 6.35. The van der Waals surface area contributed by atoms with Gasteiger partial charge in [-0.15, -0.1) is 0 Å². The Morgan fingerprint density at radius 3 is 2.62 bits per heavy atom. The Bertz CT molecular complexity index is 1280. The van der Waals surface area contributed by atoms with Crippen LogP contribution in [0.3, 0.4) is 0 Å². The highest BCUT2D eigenvalue weighted by Crippen LogP contribution is 2.34. The third-order valence-electron chi connectivity index (χ3n) is 4.58. The molecule has 0 aliphatic rings. The highest BCUT2D eigenvalue weighted by atomic mass is 35.5. The van der Waals surface area contributed by atoms with Gasteiger partial charge >= 0.3 is 0 Å². The number of hydrogen-bond acceptors (Lipinski definition) is 4. The quantitative estimate of drug-likeness (QED) is 0.332. The smallest absolute Gasteiger partial charge is 0.228 e. The molecule has 0 unspecified atom stereocenters. The number of benzene rings is 3. The van der Waals surface area contributed by atoms with Crippen LogP contribution in [0.4, 0.5) is 5.69 Å². The summed E-state index contributed by atoms with van der Waals surface area (Å²) in [7, 11) is 0. The van der Waals surface area contributed by atoms with Gasteiger partial charge in [-0.3, -0.25) is 4.99 Å². The zero-order valence-corrected chi connectivity index (χ0v) is 17.8. The van der Waals surface area contributed by atoms with Crippen LogP contribution in [-0.2, 0) is 0 Å². The van der Waals surface area contributed by atoms with Crippen molar-refractivity contribution in [2.45, 2.75) is 13.8 Å². The molecule has 0 spiro atoms. The van der Waals surface area contributed by atoms with Crippen molar-refractivity contribution in [3.63, 3.8) is 0 Å². The Labute approximate surface area is 182 Å². The number of aromatic nitrogens is 1. The van der Waals surface area contributed by atoms with E-state index in [4.69, 9.17) is 39.2 Å². The van der Waals surface area contributed by atoms with E-state index in [2.05, 4.69) is 9.98 Å². The Morgan fingerprint density at radius 2 is 1.83 bits per heavy atom. The van der Waals surface area contributed by atoms with E-state index < -0.39 is 0 Å². The summed E-state index contributed by atoms with van der Waals surface area (Å²) in [5.74, 6) is 0.515. The fourth-order valence-electron chi connectivity index (χ4n) is 3.03. The summed E-state index contributed by atoms with van der Waals surface area (Å²) in [6.07, 6.45) is 1.59. The molecule has 0 aliphatic heterocycles. The van der Waals surface area contributed by atoms with Gasteiger partial charge in [-0.25, -0.2) is 4.98 Å². The zero-order valence-electron chi connectivity index (χ0n) is 15.5. The topological polar surface area (TPSA) is 58.6 Å². The summed E-state index contributed by atoms with van der Waals surface area (Å²) in [6.45, 7) is 3.69. The van der Waals surface area contributed by atoms with Crippen LogP contribution in [0.15, 0.2) is 51.9 Å². The minimum absolute atomic E-state index is 0.133. The third kappa shape index (κ3) is 3.84. The number of oxazole rings is 1. The van der Waals surface area contributed by atoms with Crippen LogP contribution in [-0.4, -0.2) is 16.3 Å². The first-order chi connectivity index (χ1) is 13.8. The van der Waals surface area contributed by atoms with Crippen LogP contribution in [0, 0.1) is 13.8 Å². The number of phenolic OH excluding ortho intramolecular Hbond substituents is 1. The first-order valence-corrected chi connectivity index (χ1v) is 9.85. The molecule has 0 saturated carbocycles. The second-order valence-corrected chi connectivity index (χ2v) is 7.84. The summed E-state index contributed by atoms with van der Waals surface area (Å²) in [5.41, 5.74) is 4.68. The van der Waals surface area contributed by atoms with Gasteiger partial charge in [-0.1, -0.05) is 34.8 Å². The lowest BCUT2D eigenvalue weighted by molar-refractivity contribution is 0.473. The zero-order chi connectivity index (χ0) is 20.7. The van der Waals surface area contributed by atoms with Crippen molar-refractivity contribution in [3.05, 3.63) is 74.2 Å². The largest absolute Gasteiger partial charge is 0.507 e. The summed E-state index contributed by atoms with van der Waals surface area (Å²) in [4.78, 5) is 8.97. The molecule has 0 amide bonds. The number of aromatic hydroxyl groups is 1. The summed E-state index contributed by atoms with van der Waals surface area (Å²) in [5, 5.41) is 11.9. The van der Waals surface area contributed by atoms with E-state index in [0.717, 1.165) is 11.1 Å². The predicted octanol–water partition coefficient (Wildman–Crippen LogP) is 7.53. The summed E-state index contributed by atoms with van der Waals surface area (Å²) < 4.78 is 5.81. The Morgan fingerprint density at radius 1 is 1.03 bits per heavy atom. The molecule has 1 N–H and O–H groups in total. The molecule has 0 saturated heterocycles. The number of hydrogen-bond donors (Lipinski definition) is 1. The molecule has 1 aromatic heterocycles. The van der Waals surface area contributed by atoms with Crippen LogP contribution in [0.1, 0.15) is 16.7 Å². The van der Waals surface area contributed by atoms with E-state index >= 15 is 0 Å². The van der Waals surface area contributed by atoms with Crippen molar-refractivity contribution in [1.82, 2.24) is 4.98 Å². The molecule has 0 radical (unpaired) electrons. The third-order valence-corrected chi connectivity index (χ3v) is 5.73. The lowest BCUT2D eigenvalue weighted by Crippen LogP contribution is -1.92. The maximum absolute atomic E-state index is 10.2. The van der Waals surface area contributed by atoms with Gasteiger partial charge in [0.1, 0.15) is 11.3 Å². The fourth-order valence-corrected chi connectivity index (χ4v) is 3.55. The molecule has 0 atom stereocenters. The van der Waals surface area contributed by atoms with Gasteiger partial charge in [-0.2, -0.15) is 0 Å². The van der Waals surface area contributed by atoms with E-state index in [-0.39, 0.29) is 5.75 Å². The molecule has 3 aromatic carbocycles. The number of nitrogens with zero attached hydrogens (tertiary/aromatic N) is 2. The van der Waals surface area contributed by atoms with E-state index in [1.54, 1.807) is 48.7 Å². The van der Waals surface area contributed by atoms with Crippen molar-refractivity contribution in [2.24, 2.45) is 4.99 Å². The average Bonchev–Trinajstić information content (AvgIpc) is 3.11. The molecule has 4 nitrogen and oxygen atoms in total. The van der Waals surface area contributed by atoms with E-state index in [0.29, 0.717) is 48.9 Å². The molecule has 0 aliphatic carbocycles. The second kappa shape index (κ2) is 7.71. The Hall–Kier alpha value is -2.53. The van der Waals surface area contributed by atoms with E-state index in [1.165, 1.54) is 0 Å². The molecule has 1 heterocycles. The normalized spacial score (nSPS) is 11.6. The van der Waals surface area contributed by atoms with Gasteiger partial charge in [0, 0.05) is 21.8 Å². The van der Waals surface area contributed by atoms with Crippen molar-refractivity contribution < 1.29 is 9.52 Å². The first kappa shape index (κ1) is 19.8. The minimum Gasteiger partial charge on any atom is -0.507 e. The molecule has 29 heavy (non-hydrogen) atoms. The van der Waals surface area contributed by atoms with Gasteiger partial charge in [0.2, 0.25) is 5.89 Å². The Balaban J connectivity index is 1.71.